The van der Waals surface area contributed by atoms with Gasteiger partial charge in [-0.15, -0.1) is 0 Å². The van der Waals surface area contributed by atoms with Crippen molar-refractivity contribution in [2.24, 2.45) is 5.73 Å². The molecule has 0 saturated heterocycles. The van der Waals surface area contributed by atoms with Crippen LogP contribution in [-0.4, -0.2) is 49.3 Å². The monoisotopic (exact) mass is 788 g/mol. The molecule has 9 nitrogen and oxygen atoms in total. The second-order valence-electron chi connectivity index (χ2n) is 15.3. The van der Waals surface area contributed by atoms with Crippen molar-refractivity contribution in [1.29, 1.82) is 0 Å². The van der Waals surface area contributed by atoms with E-state index in [1.165, 1.54) is 141 Å². The summed E-state index contributed by atoms with van der Waals surface area (Å²) in [6, 6.07) is 0. The number of carbonyl (C=O) groups is 2. The molecule has 0 heterocycles. The van der Waals surface area contributed by atoms with E-state index in [0.717, 1.165) is 51.4 Å². The van der Waals surface area contributed by atoms with E-state index in [1.54, 1.807) is 0 Å². The van der Waals surface area contributed by atoms with Gasteiger partial charge in [0.25, 0.3) is 0 Å². The van der Waals surface area contributed by atoms with Crippen LogP contribution in [0.25, 0.3) is 0 Å². The summed E-state index contributed by atoms with van der Waals surface area (Å²) in [7, 11) is -4.37. The van der Waals surface area contributed by atoms with Crippen molar-refractivity contribution < 1.29 is 37.6 Å². The molecule has 0 bridgehead atoms. The Morgan fingerprint density at radius 3 is 1.31 bits per heavy atom. The minimum Gasteiger partial charge on any atom is -0.462 e. The van der Waals surface area contributed by atoms with Gasteiger partial charge in [-0.05, 0) is 38.5 Å². The molecule has 0 aromatic carbocycles. The molecule has 320 valence electrons. The van der Waals surface area contributed by atoms with Crippen LogP contribution in [0.2, 0.25) is 0 Å². The standard InChI is InChI=1S/C44H86NO8P/c1-3-5-7-9-11-13-15-17-19-21-23-25-27-29-31-33-35-37-44(47)53-42(41-52-54(48,49)51-39-38-45)40-50-43(46)36-34-32-30-28-26-24-22-20-18-16-14-12-10-8-6-4-2/h20,22,42H,3-19,21,23-41,45H2,1-2H3,(H,48,49)/b22-20-/t42-/m1/s1. The maximum Gasteiger partial charge on any atom is 0.472 e. The Balaban J connectivity index is 4.10. The highest BCUT2D eigenvalue weighted by Gasteiger charge is 2.26. The fourth-order valence-corrected chi connectivity index (χ4v) is 7.28. The molecule has 0 aromatic rings. The fourth-order valence-electron chi connectivity index (χ4n) is 6.51. The van der Waals surface area contributed by atoms with Crippen molar-refractivity contribution in [3.05, 3.63) is 12.2 Å². The number of carbonyl (C=O) groups excluding carboxylic acids is 2. The third-order valence-corrected chi connectivity index (χ3v) is 10.9. The first-order valence-corrected chi connectivity index (χ1v) is 24.2. The maximum absolute atomic E-state index is 12.6. The van der Waals surface area contributed by atoms with Crippen LogP contribution >= 0.6 is 7.82 Å². The van der Waals surface area contributed by atoms with Gasteiger partial charge in [-0.25, -0.2) is 4.57 Å². The Kier molecular flexibility index (Phi) is 40.4. The normalized spacial score (nSPS) is 13.3. The molecule has 1 unspecified atom stereocenters. The summed E-state index contributed by atoms with van der Waals surface area (Å²) in [5.74, 6) is -0.826. The Bertz CT molecular complexity index is 902. The lowest BCUT2D eigenvalue weighted by molar-refractivity contribution is -0.161. The molecule has 10 heteroatoms. The zero-order valence-corrected chi connectivity index (χ0v) is 36.1. The van der Waals surface area contributed by atoms with Crippen molar-refractivity contribution in [3.63, 3.8) is 0 Å². The molecule has 0 radical (unpaired) electrons. The van der Waals surface area contributed by atoms with Crippen LogP contribution in [0.3, 0.4) is 0 Å². The summed E-state index contributed by atoms with van der Waals surface area (Å²) >= 11 is 0. The lowest BCUT2D eigenvalue weighted by Crippen LogP contribution is -2.29. The van der Waals surface area contributed by atoms with E-state index in [9.17, 15) is 19.0 Å². The van der Waals surface area contributed by atoms with Crippen LogP contribution in [0.5, 0.6) is 0 Å². The van der Waals surface area contributed by atoms with Gasteiger partial charge in [0.1, 0.15) is 6.61 Å². The average Bonchev–Trinajstić information content (AvgIpc) is 3.16. The molecule has 0 rings (SSSR count). The Morgan fingerprint density at radius 2 is 0.907 bits per heavy atom. The Morgan fingerprint density at radius 1 is 0.537 bits per heavy atom. The molecule has 3 N–H and O–H groups in total. The molecule has 54 heavy (non-hydrogen) atoms. The van der Waals surface area contributed by atoms with Crippen LogP contribution in [0, 0.1) is 0 Å². The van der Waals surface area contributed by atoms with E-state index in [4.69, 9.17) is 24.3 Å². The van der Waals surface area contributed by atoms with E-state index in [-0.39, 0.29) is 38.6 Å². The predicted octanol–water partition coefficient (Wildman–Crippen LogP) is 13.0. The molecule has 0 aliphatic carbocycles. The molecule has 2 atom stereocenters. The lowest BCUT2D eigenvalue weighted by Gasteiger charge is -2.19. The molecule has 0 aliphatic heterocycles. The molecule has 0 fully saturated rings. The third kappa shape index (κ3) is 40.4. The van der Waals surface area contributed by atoms with Gasteiger partial charge in [0, 0.05) is 19.4 Å². The summed E-state index contributed by atoms with van der Waals surface area (Å²) in [6.45, 7) is 3.76. The van der Waals surface area contributed by atoms with Crippen LogP contribution in [0.1, 0.15) is 226 Å². The fraction of sp³-hybridized carbons (Fsp3) is 0.909. The summed E-state index contributed by atoms with van der Waals surface area (Å²) in [5.41, 5.74) is 5.35. The van der Waals surface area contributed by atoms with Gasteiger partial charge in [-0.3, -0.25) is 18.6 Å². The molecule has 0 amide bonds. The number of rotatable bonds is 43. The number of phosphoric acid groups is 1. The van der Waals surface area contributed by atoms with Gasteiger partial charge < -0.3 is 20.1 Å². The van der Waals surface area contributed by atoms with E-state index in [2.05, 4.69) is 26.0 Å². The van der Waals surface area contributed by atoms with Crippen molar-refractivity contribution in [2.45, 2.75) is 232 Å². The third-order valence-electron chi connectivity index (χ3n) is 9.90. The topological polar surface area (TPSA) is 134 Å². The van der Waals surface area contributed by atoms with Gasteiger partial charge in [0.15, 0.2) is 6.10 Å². The minimum atomic E-state index is -4.37. The molecule has 0 aliphatic rings. The summed E-state index contributed by atoms with van der Waals surface area (Å²) in [6.07, 6.45) is 42.4. The number of hydrogen-bond acceptors (Lipinski definition) is 8. The van der Waals surface area contributed by atoms with Crippen molar-refractivity contribution in [3.8, 4) is 0 Å². The van der Waals surface area contributed by atoms with E-state index in [1.807, 2.05) is 0 Å². The van der Waals surface area contributed by atoms with Gasteiger partial charge in [0.05, 0.1) is 13.2 Å². The maximum atomic E-state index is 12.6. The Hall–Kier alpha value is -1.25. The quantitative estimate of drug-likeness (QED) is 0.0268. The van der Waals surface area contributed by atoms with Crippen molar-refractivity contribution in [2.75, 3.05) is 26.4 Å². The zero-order valence-electron chi connectivity index (χ0n) is 35.2. The summed E-state index contributed by atoms with van der Waals surface area (Å²) in [4.78, 5) is 34.9. The lowest BCUT2D eigenvalue weighted by atomic mass is 10.0. The highest BCUT2D eigenvalue weighted by Crippen LogP contribution is 2.43. The highest BCUT2D eigenvalue weighted by atomic mass is 31.2. The van der Waals surface area contributed by atoms with E-state index in [0.29, 0.717) is 6.42 Å². The van der Waals surface area contributed by atoms with E-state index < -0.39 is 26.5 Å². The predicted molar refractivity (Wildman–Crippen MR) is 224 cm³/mol. The summed E-state index contributed by atoms with van der Waals surface area (Å²) in [5, 5.41) is 0. The number of allylic oxidation sites excluding steroid dienone is 2. The number of nitrogens with two attached hydrogens (primary N) is 1. The van der Waals surface area contributed by atoms with Gasteiger partial charge in [-0.1, -0.05) is 187 Å². The van der Waals surface area contributed by atoms with E-state index >= 15 is 0 Å². The number of hydrogen-bond donors (Lipinski definition) is 2. The number of unbranched alkanes of at least 4 members (excludes halogenated alkanes) is 28. The second kappa shape index (κ2) is 41.4. The first-order chi connectivity index (χ1) is 26.3. The number of esters is 2. The number of phosphoric ester groups is 1. The first-order valence-electron chi connectivity index (χ1n) is 22.7. The molecular formula is C44H86NO8P. The highest BCUT2D eigenvalue weighted by molar-refractivity contribution is 7.47. The van der Waals surface area contributed by atoms with Crippen LogP contribution in [0.15, 0.2) is 12.2 Å². The minimum absolute atomic E-state index is 0.0553. The molecule has 0 spiro atoms. The largest absolute Gasteiger partial charge is 0.472 e. The molecular weight excluding hydrogens is 701 g/mol. The average molecular weight is 788 g/mol. The van der Waals surface area contributed by atoms with Gasteiger partial charge >= 0.3 is 19.8 Å². The Labute approximate surface area is 332 Å². The smallest absolute Gasteiger partial charge is 0.462 e. The zero-order chi connectivity index (χ0) is 39.6. The van der Waals surface area contributed by atoms with Crippen LogP contribution < -0.4 is 5.73 Å². The van der Waals surface area contributed by atoms with Gasteiger partial charge in [-0.2, -0.15) is 0 Å². The van der Waals surface area contributed by atoms with Crippen LogP contribution in [-0.2, 0) is 32.7 Å². The van der Waals surface area contributed by atoms with Crippen molar-refractivity contribution in [1.82, 2.24) is 0 Å². The summed E-state index contributed by atoms with van der Waals surface area (Å²) < 4.78 is 32.8. The second-order valence-corrected chi connectivity index (χ2v) is 16.7. The SMILES string of the molecule is CCCCCCCCC/C=C\CCCCCCCC(=O)OC[C@H](COP(=O)(O)OCCN)OC(=O)CCCCCCCCCCCCCCCCCCC. The molecule has 0 aromatic heterocycles. The van der Waals surface area contributed by atoms with Crippen molar-refractivity contribution >= 4 is 19.8 Å². The first kappa shape index (κ1) is 52.8. The van der Waals surface area contributed by atoms with Gasteiger partial charge in [0.2, 0.25) is 0 Å². The number of ether oxygens (including phenoxy) is 2. The van der Waals surface area contributed by atoms with Crippen LogP contribution in [0.4, 0.5) is 0 Å². The molecule has 0 saturated carbocycles.